The first-order valence-corrected chi connectivity index (χ1v) is 8.66. The molecule has 0 bridgehead atoms. The molecule has 0 spiro atoms. The number of amides is 2. The third kappa shape index (κ3) is 5.67. The molecule has 0 saturated carbocycles. The summed E-state index contributed by atoms with van der Waals surface area (Å²) >= 11 is 0. The summed E-state index contributed by atoms with van der Waals surface area (Å²) in [4.78, 5) is 35.4. The van der Waals surface area contributed by atoms with Crippen LogP contribution in [0.2, 0.25) is 0 Å². The fourth-order valence-corrected chi connectivity index (χ4v) is 2.32. The Morgan fingerprint density at radius 2 is 1.78 bits per heavy atom. The van der Waals surface area contributed by atoms with Gasteiger partial charge in [-0.2, -0.15) is 5.10 Å². The van der Waals surface area contributed by atoms with E-state index in [1.165, 1.54) is 13.8 Å². The summed E-state index contributed by atoms with van der Waals surface area (Å²) in [7, 11) is 0. The van der Waals surface area contributed by atoms with Gasteiger partial charge in [0, 0.05) is 25.6 Å². The first-order chi connectivity index (χ1) is 12.8. The monoisotopic (exact) mass is 372 g/mol. The Labute approximate surface area is 157 Å². The zero-order chi connectivity index (χ0) is 20.0. The topological polar surface area (TPSA) is 102 Å². The highest BCUT2D eigenvalue weighted by Gasteiger charge is 2.20. The van der Waals surface area contributed by atoms with Gasteiger partial charge in [0.15, 0.2) is 6.10 Å². The van der Waals surface area contributed by atoms with E-state index in [1.54, 1.807) is 41.2 Å². The molecule has 2 rings (SSSR count). The molecule has 144 valence electrons. The number of hydrogen-bond donors (Lipinski definition) is 2. The van der Waals surface area contributed by atoms with Crippen LogP contribution in [-0.2, 0) is 20.9 Å². The molecule has 0 aliphatic heterocycles. The van der Waals surface area contributed by atoms with Crippen LogP contribution in [0.1, 0.15) is 49.7 Å². The van der Waals surface area contributed by atoms with Gasteiger partial charge < -0.3 is 15.4 Å². The fourth-order valence-electron chi connectivity index (χ4n) is 2.32. The van der Waals surface area contributed by atoms with Gasteiger partial charge in [0.1, 0.15) is 5.82 Å². The Hall–Kier alpha value is -3.16. The van der Waals surface area contributed by atoms with Crippen LogP contribution in [0.3, 0.4) is 0 Å². The number of hydrogen-bond acceptors (Lipinski definition) is 5. The summed E-state index contributed by atoms with van der Waals surface area (Å²) in [6.45, 7) is 7.22. The number of nitrogens with zero attached hydrogens (tertiary/aromatic N) is 2. The smallest absolute Gasteiger partial charge is 0.338 e. The van der Waals surface area contributed by atoms with E-state index in [4.69, 9.17) is 4.74 Å². The normalized spacial score (nSPS) is 11.7. The number of carbonyl (C=O) groups is 3. The standard InChI is InChI=1S/C19H24N4O4/c1-12(2)23-17(9-10-21-23)22-18(25)13(3)27-19(26)16-7-5-15(6-8-16)11-20-14(4)24/h5-10,12-13H,11H2,1-4H3,(H,20,24)(H,22,25). The van der Waals surface area contributed by atoms with Crippen LogP contribution in [-0.4, -0.2) is 33.7 Å². The maximum atomic E-state index is 12.3. The van der Waals surface area contributed by atoms with Gasteiger partial charge in [-0.05, 0) is 38.5 Å². The average molecular weight is 372 g/mol. The van der Waals surface area contributed by atoms with Gasteiger partial charge in [0.2, 0.25) is 5.91 Å². The summed E-state index contributed by atoms with van der Waals surface area (Å²) in [5.74, 6) is -0.619. The molecule has 0 saturated heterocycles. The number of aromatic nitrogens is 2. The molecule has 2 amide bonds. The summed E-state index contributed by atoms with van der Waals surface area (Å²) in [5, 5.41) is 9.52. The Morgan fingerprint density at radius 1 is 1.11 bits per heavy atom. The number of carbonyl (C=O) groups excluding carboxylic acids is 3. The maximum absolute atomic E-state index is 12.3. The molecule has 0 aliphatic rings. The van der Waals surface area contributed by atoms with Crippen LogP contribution in [0.5, 0.6) is 0 Å². The Bertz CT molecular complexity index is 811. The zero-order valence-corrected chi connectivity index (χ0v) is 15.9. The lowest BCUT2D eigenvalue weighted by atomic mass is 10.1. The molecule has 2 aromatic rings. The van der Waals surface area contributed by atoms with E-state index in [0.717, 1.165) is 5.56 Å². The second-order valence-corrected chi connectivity index (χ2v) is 6.40. The van der Waals surface area contributed by atoms with E-state index in [1.807, 2.05) is 13.8 Å². The quantitative estimate of drug-likeness (QED) is 0.726. The molecule has 1 aromatic carbocycles. The summed E-state index contributed by atoms with van der Waals surface area (Å²) < 4.78 is 6.90. The van der Waals surface area contributed by atoms with E-state index in [0.29, 0.717) is 17.9 Å². The molecule has 0 radical (unpaired) electrons. The predicted octanol–water partition coefficient (Wildman–Crippen LogP) is 2.28. The minimum absolute atomic E-state index is 0.0872. The van der Waals surface area contributed by atoms with Crippen LogP contribution in [0.4, 0.5) is 5.82 Å². The molecule has 8 nitrogen and oxygen atoms in total. The van der Waals surface area contributed by atoms with Crippen molar-refractivity contribution in [2.75, 3.05) is 5.32 Å². The van der Waals surface area contributed by atoms with Crippen LogP contribution in [0, 0.1) is 0 Å². The SMILES string of the molecule is CC(=O)NCc1ccc(C(=O)OC(C)C(=O)Nc2ccnn2C(C)C)cc1. The minimum atomic E-state index is -0.966. The summed E-state index contributed by atoms with van der Waals surface area (Å²) in [6.07, 6.45) is 0.626. The van der Waals surface area contributed by atoms with Gasteiger partial charge >= 0.3 is 5.97 Å². The second kappa shape index (κ2) is 8.98. The molecule has 0 aliphatic carbocycles. The van der Waals surface area contributed by atoms with Crippen molar-refractivity contribution in [2.24, 2.45) is 0 Å². The molecule has 2 N–H and O–H groups in total. The zero-order valence-electron chi connectivity index (χ0n) is 15.9. The Morgan fingerprint density at radius 3 is 2.37 bits per heavy atom. The molecule has 1 aromatic heterocycles. The third-order valence-corrected chi connectivity index (χ3v) is 3.79. The van der Waals surface area contributed by atoms with Gasteiger partial charge in [0.05, 0.1) is 11.8 Å². The van der Waals surface area contributed by atoms with Crippen LogP contribution < -0.4 is 10.6 Å². The number of benzene rings is 1. The van der Waals surface area contributed by atoms with Gasteiger partial charge in [-0.15, -0.1) is 0 Å². The molecule has 1 atom stereocenters. The van der Waals surface area contributed by atoms with Crippen molar-refractivity contribution in [3.05, 3.63) is 47.7 Å². The van der Waals surface area contributed by atoms with Gasteiger partial charge in [-0.3, -0.25) is 9.59 Å². The first kappa shape index (κ1) is 20.2. The van der Waals surface area contributed by atoms with E-state index in [9.17, 15) is 14.4 Å². The molecule has 1 unspecified atom stereocenters. The number of ether oxygens (including phenoxy) is 1. The van der Waals surface area contributed by atoms with E-state index in [-0.39, 0.29) is 11.9 Å². The van der Waals surface area contributed by atoms with Crippen molar-refractivity contribution < 1.29 is 19.1 Å². The van der Waals surface area contributed by atoms with Gasteiger partial charge in [0.25, 0.3) is 5.91 Å². The molecule has 27 heavy (non-hydrogen) atoms. The number of esters is 1. The molecule has 8 heteroatoms. The minimum Gasteiger partial charge on any atom is -0.449 e. The lowest BCUT2D eigenvalue weighted by Gasteiger charge is -2.16. The molecular formula is C19H24N4O4. The largest absolute Gasteiger partial charge is 0.449 e. The fraction of sp³-hybridized carbons (Fsp3) is 0.368. The highest BCUT2D eigenvalue weighted by molar-refractivity contribution is 5.96. The third-order valence-electron chi connectivity index (χ3n) is 3.79. The average Bonchev–Trinajstić information content (AvgIpc) is 3.08. The van der Waals surface area contributed by atoms with E-state index < -0.39 is 18.0 Å². The number of nitrogens with one attached hydrogen (secondary N) is 2. The van der Waals surface area contributed by atoms with Gasteiger partial charge in [-0.1, -0.05) is 12.1 Å². The van der Waals surface area contributed by atoms with Crippen molar-refractivity contribution in [3.8, 4) is 0 Å². The van der Waals surface area contributed by atoms with Crippen LogP contribution in [0.15, 0.2) is 36.5 Å². The summed E-state index contributed by atoms with van der Waals surface area (Å²) in [6, 6.07) is 8.40. The Balaban J connectivity index is 1.93. The molecule has 1 heterocycles. The van der Waals surface area contributed by atoms with Crippen molar-refractivity contribution in [3.63, 3.8) is 0 Å². The molecular weight excluding hydrogens is 348 g/mol. The van der Waals surface area contributed by atoms with Crippen molar-refractivity contribution >= 4 is 23.6 Å². The van der Waals surface area contributed by atoms with E-state index >= 15 is 0 Å². The highest BCUT2D eigenvalue weighted by atomic mass is 16.5. The number of anilines is 1. The first-order valence-electron chi connectivity index (χ1n) is 8.66. The highest BCUT2D eigenvalue weighted by Crippen LogP contribution is 2.14. The van der Waals surface area contributed by atoms with Crippen molar-refractivity contribution in [1.82, 2.24) is 15.1 Å². The van der Waals surface area contributed by atoms with E-state index in [2.05, 4.69) is 15.7 Å². The predicted molar refractivity (Wildman–Crippen MR) is 100 cm³/mol. The van der Waals surface area contributed by atoms with Crippen molar-refractivity contribution in [2.45, 2.75) is 46.4 Å². The number of rotatable bonds is 7. The lowest BCUT2D eigenvalue weighted by molar-refractivity contribution is -0.123. The summed E-state index contributed by atoms with van der Waals surface area (Å²) in [5.41, 5.74) is 1.18. The lowest BCUT2D eigenvalue weighted by Crippen LogP contribution is -2.31. The van der Waals surface area contributed by atoms with Gasteiger partial charge in [-0.25, -0.2) is 9.48 Å². The van der Waals surface area contributed by atoms with Crippen molar-refractivity contribution in [1.29, 1.82) is 0 Å². The van der Waals surface area contributed by atoms with Crippen LogP contribution >= 0.6 is 0 Å². The second-order valence-electron chi connectivity index (χ2n) is 6.40. The maximum Gasteiger partial charge on any atom is 0.338 e. The molecule has 0 fully saturated rings. The van der Waals surface area contributed by atoms with Crippen LogP contribution in [0.25, 0.3) is 0 Å². The Kier molecular flexibility index (Phi) is 6.70.